The minimum atomic E-state index is -0.195. The van der Waals surface area contributed by atoms with Gasteiger partial charge in [0.1, 0.15) is 0 Å². The average molecular weight is 433 g/mol. The van der Waals surface area contributed by atoms with Crippen molar-refractivity contribution in [2.45, 2.75) is 43.8 Å². The molecule has 0 bridgehead atoms. The molecule has 1 aromatic heterocycles. The summed E-state index contributed by atoms with van der Waals surface area (Å²) in [5.74, 6) is 0.625. The van der Waals surface area contributed by atoms with Gasteiger partial charge in [-0.3, -0.25) is 14.2 Å². The molecule has 1 heterocycles. The zero-order chi connectivity index (χ0) is 21.8. The lowest BCUT2D eigenvalue weighted by molar-refractivity contribution is -0.119. The van der Waals surface area contributed by atoms with Crippen LogP contribution >= 0.6 is 11.8 Å². The van der Waals surface area contributed by atoms with Crippen LogP contribution in [0.4, 0.5) is 0 Å². The molecule has 1 saturated carbocycles. The molecule has 4 rings (SSSR count). The molecular weight excluding hydrogens is 408 g/mol. The molecule has 1 aliphatic carbocycles. The highest BCUT2D eigenvalue weighted by atomic mass is 32.2. The summed E-state index contributed by atoms with van der Waals surface area (Å²) in [7, 11) is 0. The molecule has 0 radical (unpaired) electrons. The number of hydrogen-bond acceptors (Lipinski definition) is 5. The third kappa shape index (κ3) is 4.64. The van der Waals surface area contributed by atoms with Crippen molar-refractivity contribution in [1.29, 1.82) is 5.26 Å². The fourth-order valence-electron chi connectivity index (χ4n) is 4.03. The van der Waals surface area contributed by atoms with E-state index in [0.717, 1.165) is 19.3 Å². The van der Waals surface area contributed by atoms with Crippen LogP contribution in [0.2, 0.25) is 0 Å². The Labute approximate surface area is 185 Å². The van der Waals surface area contributed by atoms with E-state index in [1.54, 1.807) is 42.5 Å². The number of benzene rings is 2. The van der Waals surface area contributed by atoms with Crippen LogP contribution in [0.15, 0.2) is 58.5 Å². The number of para-hydroxylation sites is 1. The highest BCUT2D eigenvalue weighted by Crippen LogP contribution is 2.25. The van der Waals surface area contributed by atoms with Crippen molar-refractivity contribution in [1.82, 2.24) is 14.9 Å². The van der Waals surface area contributed by atoms with E-state index in [1.807, 2.05) is 6.07 Å². The van der Waals surface area contributed by atoms with Gasteiger partial charge in [0.2, 0.25) is 5.91 Å². The van der Waals surface area contributed by atoms with E-state index in [0.29, 0.717) is 33.2 Å². The molecule has 2 aromatic carbocycles. The predicted octanol–water partition coefficient (Wildman–Crippen LogP) is 4.04. The Hall–Kier alpha value is -3.11. The van der Waals surface area contributed by atoms with E-state index in [2.05, 4.69) is 23.3 Å². The van der Waals surface area contributed by atoms with Crippen LogP contribution in [0.25, 0.3) is 16.6 Å². The number of hydrogen-bond donors (Lipinski definition) is 1. The molecule has 2 atom stereocenters. The summed E-state index contributed by atoms with van der Waals surface area (Å²) < 4.78 is 1.52. The molecule has 0 saturated heterocycles. The Morgan fingerprint density at radius 3 is 2.68 bits per heavy atom. The first kappa shape index (κ1) is 21.1. The molecule has 3 aromatic rings. The lowest BCUT2D eigenvalue weighted by atomic mass is 9.86. The molecule has 31 heavy (non-hydrogen) atoms. The van der Waals surface area contributed by atoms with E-state index in [9.17, 15) is 9.59 Å². The van der Waals surface area contributed by atoms with Gasteiger partial charge in [-0.25, -0.2) is 4.98 Å². The number of rotatable bonds is 5. The standard InChI is InChI=1S/C24H24N4O2S/c1-16-6-2-4-8-20(16)26-22(29)15-31-24-27-21-9-5-3-7-19(21)23(30)28(24)18-12-10-17(14-25)11-13-18/h3,5,7,9-13,16,20H,2,4,6,8,15H2,1H3,(H,26,29). The molecule has 1 N–H and O–H groups in total. The Kier molecular flexibility index (Phi) is 6.38. The van der Waals surface area contributed by atoms with Crippen LogP contribution < -0.4 is 10.9 Å². The number of fused-ring (bicyclic) bond motifs is 1. The number of amides is 1. The van der Waals surface area contributed by atoms with E-state index >= 15 is 0 Å². The molecule has 1 fully saturated rings. The third-order valence-electron chi connectivity index (χ3n) is 5.79. The van der Waals surface area contributed by atoms with E-state index in [-0.39, 0.29) is 23.3 Å². The van der Waals surface area contributed by atoms with Crippen molar-refractivity contribution < 1.29 is 4.79 Å². The number of nitrogens with one attached hydrogen (secondary N) is 1. The van der Waals surface area contributed by atoms with Crippen molar-refractivity contribution in [2.75, 3.05) is 5.75 Å². The maximum absolute atomic E-state index is 13.3. The van der Waals surface area contributed by atoms with Gasteiger partial charge >= 0.3 is 0 Å². The Balaban J connectivity index is 1.63. The summed E-state index contributed by atoms with van der Waals surface area (Å²) in [6, 6.07) is 16.3. The van der Waals surface area contributed by atoms with Gasteiger partial charge in [0.25, 0.3) is 5.56 Å². The first-order valence-electron chi connectivity index (χ1n) is 10.5. The fraction of sp³-hybridized carbons (Fsp3) is 0.333. The molecule has 6 nitrogen and oxygen atoms in total. The van der Waals surface area contributed by atoms with Gasteiger partial charge in [-0.15, -0.1) is 0 Å². The van der Waals surface area contributed by atoms with Crippen molar-refractivity contribution in [3.8, 4) is 11.8 Å². The SMILES string of the molecule is CC1CCCCC1NC(=O)CSc1nc2ccccc2c(=O)n1-c1ccc(C#N)cc1. The molecule has 7 heteroatoms. The van der Waals surface area contributed by atoms with Crippen LogP contribution in [0, 0.1) is 17.2 Å². The second kappa shape index (κ2) is 9.36. The normalized spacial score (nSPS) is 18.5. The number of nitrogens with zero attached hydrogens (tertiary/aromatic N) is 3. The minimum Gasteiger partial charge on any atom is -0.352 e. The lowest BCUT2D eigenvalue weighted by Crippen LogP contribution is -2.41. The quantitative estimate of drug-likeness (QED) is 0.486. The third-order valence-corrected chi connectivity index (χ3v) is 6.73. The largest absolute Gasteiger partial charge is 0.352 e. The molecule has 1 aliphatic rings. The van der Waals surface area contributed by atoms with E-state index in [1.165, 1.54) is 22.7 Å². The zero-order valence-corrected chi connectivity index (χ0v) is 18.2. The lowest BCUT2D eigenvalue weighted by Gasteiger charge is -2.29. The summed E-state index contributed by atoms with van der Waals surface area (Å²) in [6.07, 6.45) is 4.53. The van der Waals surface area contributed by atoms with E-state index < -0.39 is 0 Å². The predicted molar refractivity (Wildman–Crippen MR) is 122 cm³/mol. The number of nitriles is 1. The summed E-state index contributed by atoms with van der Waals surface area (Å²) in [5.41, 5.74) is 1.53. The maximum Gasteiger partial charge on any atom is 0.266 e. The van der Waals surface area contributed by atoms with Gasteiger partial charge < -0.3 is 5.32 Å². The molecule has 0 aliphatic heterocycles. The number of carbonyl (C=O) groups is 1. The molecule has 2 unspecified atom stereocenters. The maximum atomic E-state index is 13.3. The van der Waals surface area contributed by atoms with Crippen molar-refractivity contribution in [2.24, 2.45) is 5.92 Å². The Morgan fingerprint density at radius 1 is 1.19 bits per heavy atom. The Morgan fingerprint density at radius 2 is 1.94 bits per heavy atom. The second-order valence-corrected chi connectivity index (χ2v) is 8.88. The fourth-order valence-corrected chi connectivity index (χ4v) is 4.85. The van der Waals surface area contributed by atoms with Gasteiger partial charge in [-0.1, -0.05) is 43.7 Å². The highest BCUT2D eigenvalue weighted by molar-refractivity contribution is 7.99. The summed E-state index contributed by atoms with van der Waals surface area (Å²) >= 11 is 1.25. The van der Waals surface area contributed by atoms with Gasteiger partial charge in [0.15, 0.2) is 5.16 Å². The van der Waals surface area contributed by atoms with Crippen molar-refractivity contribution in [3.05, 3.63) is 64.4 Å². The molecular formula is C24H24N4O2S. The van der Waals surface area contributed by atoms with Gasteiger partial charge in [0.05, 0.1) is 34.0 Å². The average Bonchev–Trinajstić information content (AvgIpc) is 2.79. The molecule has 1 amide bonds. The highest BCUT2D eigenvalue weighted by Gasteiger charge is 2.23. The summed E-state index contributed by atoms with van der Waals surface area (Å²) in [5, 5.41) is 13.2. The second-order valence-electron chi connectivity index (χ2n) is 7.94. The van der Waals surface area contributed by atoms with Gasteiger partial charge in [-0.2, -0.15) is 5.26 Å². The monoisotopic (exact) mass is 432 g/mol. The summed E-state index contributed by atoms with van der Waals surface area (Å²) in [6.45, 7) is 2.19. The van der Waals surface area contributed by atoms with Crippen molar-refractivity contribution in [3.63, 3.8) is 0 Å². The van der Waals surface area contributed by atoms with E-state index in [4.69, 9.17) is 5.26 Å². The topological polar surface area (TPSA) is 87.8 Å². The van der Waals surface area contributed by atoms with Gasteiger partial charge in [-0.05, 0) is 55.2 Å². The zero-order valence-electron chi connectivity index (χ0n) is 17.4. The van der Waals surface area contributed by atoms with Crippen LogP contribution in [-0.4, -0.2) is 27.3 Å². The Bertz CT molecular complexity index is 1200. The first-order valence-corrected chi connectivity index (χ1v) is 11.5. The van der Waals surface area contributed by atoms with Crippen molar-refractivity contribution >= 4 is 28.6 Å². The van der Waals surface area contributed by atoms with Gasteiger partial charge in [0, 0.05) is 6.04 Å². The number of thioether (sulfide) groups is 1. The van der Waals surface area contributed by atoms with Crippen LogP contribution in [0.3, 0.4) is 0 Å². The van der Waals surface area contributed by atoms with Crippen LogP contribution in [0.1, 0.15) is 38.2 Å². The molecule has 158 valence electrons. The summed E-state index contributed by atoms with van der Waals surface area (Å²) in [4.78, 5) is 30.5. The van der Waals surface area contributed by atoms with Crippen LogP contribution in [-0.2, 0) is 4.79 Å². The number of aromatic nitrogens is 2. The van der Waals surface area contributed by atoms with Crippen LogP contribution in [0.5, 0.6) is 0 Å². The first-order chi connectivity index (χ1) is 15.1. The smallest absolute Gasteiger partial charge is 0.266 e. The number of carbonyl (C=O) groups excluding carboxylic acids is 1. The molecule has 0 spiro atoms. The minimum absolute atomic E-state index is 0.0439.